The fraction of sp³-hybridized carbons (Fsp3) is 0.125. The van der Waals surface area contributed by atoms with Crippen molar-refractivity contribution in [1.29, 1.82) is 0 Å². The van der Waals surface area contributed by atoms with E-state index < -0.39 is 41.6 Å². The van der Waals surface area contributed by atoms with E-state index in [-0.39, 0.29) is 5.69 Å². The van der Waals surface area contributed by atoms with Crippen LogP contribution in [0.2, 0.25) is 0 Å². The maximum absolute atomic E-state index is 13.0. The number of carbonyl (C=O) groups is 2. The molecule has 126 valence electrons. The number of rotatable bonds is 4. The molecule has 0 atom stereocenters. The molecule has 0 fully saturated rings. The Labute approximate surface area is 134 Å². The minimum Gasteiger partial charge on any atom is -0.452 e. The molecule has 2 aromatic rings. The summed E-state index contributed by atoms with van der Waals surface area (Å²) in [5, 5.41) is 2.26. The van der Waals surface area contributed by atoms with E-state index in [1.54, 1.807) is 0 Å². The predicted octanol–water partition coefficient (Wildman–Crippen LogP) is 3.64. The molecule has 0 heterocycles. The first-order valence-corrected chi connectivity index (χ1v) is 6.66. The van der Waals surface area contributed by atoms with Gasteiger partial charge in [-0.2, -0.15) is 13.2 Å². The minimum atomic E-state index is -4.72. The van der Waals surface area contributed by atoms with Crippen LogP contribution in [0.3, 0.4) is 0 Å². The first-order chi connectivity index (χ1) is 11.3. The summed E-state index contributed by atoms with van der Waals surface area (Å²) in [5.41, 5.74) is -1.71. The van der Waals surface area contributed by atoms with Gasteiger partial charge in [-0.25, -0.2) is 9.18 Å². The Morgan fingerprint density at radius 1 is 1.04 bits per heavy atom. The molecular formula is C16H11F4NO3. The van der Waals surface area contributed by atoms with Gasteiger partial charge < -0.3 is 10.1 Å². The summed E-state index contributed by atoms with van der Waals surface area (Å²) in [5.74, 6) is -2.67. The number of hydrogen-bond acceptors (Lipinski definition) is 3. The Morgan fingerprint density at radius 3 is 2.42 bits per heavy atom. The third-order valence-electron chi connectivity index (χ3n) is 2.90. The molecule has 0 unspecified atom stereocenters. The fourth-order valence-corrected chi connectivity index (χ4v) is 1.88. The van der Waals surface area contributed by atoms with Crippen molar-refractivity contribution in [1.82, 2.24) is 0 Å². The van der Waals surface area contributed by atoms with E-state index >= 15 is 0 Å². The van der Waals surface area contributed by atoms with Crippen LogP contribution in [0, 0.1) is 5.82 Å². The Kier molecular flexibility index (Phi) is 5.18. The highest BCUT2D eigenvalue weighted by Gasteiger charge is 2.35. The first kappa shape index (κ1) is 17.5. The fourth-order valence-electron chi connectivity index (χ4n) is 1.88. The highest BCUT2D eigenvalue weighted by atomic mass is 19.4. The molecule has 8 heteroatoms. The summed E-state index contributed by atoms with van der Waals surface area (Å²) >= 11 is 0. The zero-order valence-corrected chi connectivity index (χ0v) is 12.1. The molecule has 0 saturated carbocycles. The monoisotopic (exact) mass is 341 g/mol. The number of halogens is 4. The maximum Gasteiger partial charge on any atom is 0.417 e. The Hall–Kier alpha value is -2.90. The smallest absolute Gasteiger partial charge is 0.417 e. The second-order valence-corrected chi connectivity index (χ2v) is 4.68. The lowest BCUT2D eigenvalue weighted by molar-refractivity contribution is -0.138. The molecule has 1 N–H and O–H groups in total. The molecule has 24 heavy (non-hydrogen) atoms. The van der Waals surface area contributed by atoms with E-state index in [2.05, 4.69) is 10.1 Å². The molecule has 0 aliphatic carbocycles. The van der Waals surface area contributed by atoms with Gasteiger partial charge in [-0.15, -0.1) is 0 Å². The van der Waals surface area contributed by atoms with Gasteiger partial charge >= 0.3 is 12.1 Å². The molecule has 0 aliphatic rings. The van der Waals surface area contributed by atoms with Gasteiger partial charge in [0.05, 0.1) is 11.1 Å². The van der Waals surface area contributed by atoms with E-state index in [4.69, 9.17) is 0 Å². The lowest BCUT2D eigenvalue weighted by atomic mass is 10.1. The van der Waals surface area contributed by atoms with Crippen molar-refractivity contribution in [3.05, 3.63) is 65.5 Å². The first-order valence-electron chi connectivity index (χ1n) is 6.66. The maximum atomic E-state index is 13.0. The number of anilines is 1. The van der Waals surface area contributed by atoms with Crippen LogP contribution in [0.1, 0.15) is 15.9 Å². The van der Waals surface area contributed by atoms with Crippen molar-refractivity contribution < 1.29 is 31.9 Å². The van der Waals surface area contributed by atoms with Crippen molar-refractivity contribution in [3.63, 3.8) is 0 Å². The normalized spacial score (nSPS) is 11.0. The number of benzene rings is 2. The van der Waals surface area contributed by atoms with Crippen molar-refractivity contribution in [2.75, 3.05) is 11.9 Å². The standard InChI is InChI=1S/C16H11F4NO3/c17-10-4-3-5-11(8-10)21-14(22)9-24-15(23)12-6-1-2-7-13(12)16(18,19)20/h1-8H,9H2,(H,21,22). The number of hydrogen-bond donors (Lipinski definition) is 1. The average molecular weight is 341 g/mol. The Morgan fingerprint density at radius 2 is 1.75 bits per heavy atom. The molecule has 0 aromatic heterocycles. The van der Waals surface area contributed by atoms with Crippen molar-refractivity contribution in [2.24, 2.45) is 0 Å². The van der Waals surface area contributed by atoms with Crippen LogP contribution in [-0.4, -0.2) is 18.5 Å². The van der Waals surface area contributed by atoms with E-state index in [9.17, 15) is 27.2 Å². The van der Waals surface area contributed by atoms with Crippen molar-refractivity contribution in [2.45, 2.75) is 6.18 Å². The van der Waals surface area contributed by atoms with Crippen LogP contribution in [0.4, 0.5) is 23.2 Å². The Bertz CT molecular complexity index is 759. The third-order valence-corrected chi connectivity index (χ3v) is 2.90. The van der Waals surface area contributed by atoms with E-state index in [1.165, 1.54) is 24.3 Å². The van der Waals surface area contributed by atoms with Crippen LogP contribution >= 0.6 is 0 Å². The molecule has 4 nitrogen and oxygen atoms in total. The summed E-state index contributed by atoms with van der Waals surface area (Å²) in [6.45, 7) is -0.804. The minimum absolute atomic E-state index is 0.131. The number of esters is 1. The highest BCUT2D eigenvalue weighted by Crippen LogP contribution is 2.32. The molecule has 2 aromatic carbocycles. The summed E-state index contributed by atoms with van der Waals surface area (Å²) in [6.07, 6.45) is -4.72. The van der Waals surface area contributed by atoms with E-state index in [0.29, 0.717) is 0 Å². The van der Waals surface area contributed by atoms with E-state index in [1.807, 2.05) is 0 Å². The van der Waals surface area contributed by atoms with Crippen LogP contribution in [-0.2, 0) is 15.7 Å². The number of alkyl halides is 3. The van der Waals surface area contributed by atoms with Crippen molar-refractivity contribution in [3.8, 4) is 0 Å². The largest absolute Gasteiger partial charge is 0.452 e. The summed E-state index contributed by atoms with van der Waals surface area (Å²) in [4.78, 5) is 23.4. The van der Waals surface area contributed by atoms with Gasteiger partial charge in [-0.1, -0.05) is 18.2 Å². The molecule has 2 rings (SSSR count). The predicted molar refractivity (Wildman–Crippen MR) is 76.8 cm³/mol. The summed E-state index contributed by atoms with van der Waals surface area (Å²) < 4.78 is 56.0. The van der Waals surface area contributed by atoms with Gasteiger partial charge in [0.25, 0.3) is 5.91 Å². The molecule has 0 saturated heterocycles. The van der Waals surface area contributed by atoms with Crippen LogP contribution < -0.4 is 5.32 Å². The summed E-state index contributed by atoms with van der Waals surface area (Å²) in [6, 6.07) is 9.05. The zero-order valence-electron chi connectivity index (χ0n) is 12.1. The van der Waals surface area contributed by atoms with E-state index in [0.717, 1.165) is 24.3 Å². The van der Waals surface area contributed by atoms with Crippen LogP contribution in [0.5, 0.6) is 0 Å². The summed E-state index contributed by atoms with van der Waals surface area (Å²) in [7, 11) is 0. The molecule has 0 radical (unpaired) electrons. The van der Waals surface area contributed by atoms with Crippen molar-refractivity contribution >= 4 is 17.6 Å². The number of ether oxygens (including phenoxy) is 1. The topological polar surface area (TPSA) is 55.4 Å². The van der Waals surface area contributed by atoms with Gasteiger partial charge in [-0.3, -0.25) is 4.79 Å². The zero-order chi connectivity index (χ0) is 17.7. The second kappa shape index (κ2) is 7.12. The SMILES string of the molecule is O=C(COC(=O)c1ccccc1C(F)(F)F)Nc1cccc(F)c1. The molecule has 0 aliphatic heterocycles. The lowest BCUT2D eigenvalue weighted by Gasteiger charge is -2.12. The Balaban J connectivity index is 2.00. The number of nitrogens with one attached hydrogen (secondary N) is 1. The van der Waals surface area contributed by atoms with Gasteiger partial charge in [0.2, 0.25) is 0 Å². The molecule has 0 bridgehead atoms. The lowest BCUT2D eigenvalue weighted by Crippen LogP contribution is -2.22. The van der Waals surface area contributed by atoms with Crippen LogP contribution in [0.15, 0.2) is 48.5 Å². The molecule has 1 amide bonds. The number of carbonyl (C=O) groups excluding carboxylic acids is 2. The average Bonchev–Trinajstić information content (AvgIpc) is 2.52. The quantitative estimate of drug-likeness (QED) is 0.682. The third kappa shape index (κ3) is 4.55. The number of amides is 1. The molecular weight excluding hydrogens is 330 g/mol. The van der Waals surface area contributed by atoms with Gasteiger partial charge in [0, 0.05) is 5.69 Å². The van der Waals surface area contributed by atoms with Gasteiger partial charge in [0.1, 0.15) is 5.82 Å². The highest BCUT2D eigenvalue weighted by molar-refractivity contribution is 5.96. The van der Waals surface area contributed by atoms with Gasteiger partial charge in [-0.05, 0) is 30.3 Å². The second-order valence-electron chi connectivity index (χ2n) is 4.68. The van der Waals surface area contributed by atoms with Crippen LogP contribution in [0.25, 0.3) is 0 Å². The van der Waals surface area contributed by atoms with Gasteiger partial charge in [0.15, 0.2) is 6.61 Å². The molecule has 0 spiro atoms.